The van der Waals surface area contributed by atoms with Gasteiger partial charge in [0.2, 0.25) is 5.91 Å². The maximum atomic E-state index is 12.5. The van der Waals surface area contributed by atoms with Gasteiger partial charge in [-0.3, -0.25) is 19.1 Å². The highest BCUT2D eigenvalue weighted by atomic mass is 16.5. The van der Waals surface area contributed by atoms with Crippen LogP contribution in [0.1, 0.15) is 23.8 Å². The van der Waals surface area contributed by atoms with E-state index < -0.39 is 41.6 Å². The number of rotatable bonds is 6. The molecule has 1 amide bonds. The molecule has 4 atom stereocenters. The minimum atomic E-state index is -0.837. The molecule has 0 saturated carbocycles. The van der Waals surface area contributed by atoms with Gasteiger partial charge in [0.1, 0.15) is 18.1 Å². The predicted octanol–water partition coefficient (Wildman–Crippen LogP) is -1.11. The van der Waals surface area contributed by atoms with Gasteiger partial charge in [0.25, 0.3) is 5.56 Å². The molecule has 10 nitrogen and oxygen atoms in total. The third kappa shape index (κ3) is 4.73. The number of amides is 1. The second-order valence-electron chi connectivity index (χ2n) is 7.12. The number of hydrogen-bond acceptors (Lipinski definition) is 7. The number of nitrogens with zero attached hydrogens (tertiary/aromatic N) is 1. The average Bonchev–Trinajstić information content (AvgIpc) is 3.09. The lowest BCUT2D eigenvalue weighted by atomic mass is 10.0. The molecule has 1 saturated heterocycles. The Balaban J connectivity index is 1.67. The molecule has 6 N–H and O–H groups in total. The summed E-state index contributed by atoms with van der Waals surface area (Å²) in [7, 11) is 0. The van der Waals surface area contributed by atoms with Crippen LogP contribution in [0.2, 0.25) is 0 Å². The van der Waals surface area contributed by atoms with Gasteiger partial charge in [-0.2, -0.15) is 0 Å². The van der Waals surface area contributed by atoms with Crippen molar-refractivity contribution in [1.82, 2.24) is 14.9 Å². The molecule has 0 radical (unpaired) electrons. The number of aromatic amines is 1. The summed E-state index contributed by atoms with van der Waals surface area (Å²) in [5, 5.41) is 21.7. The van der Waals surface area contributed by atoms with Crippen molar-refractivity contribution in [3.8, 4) is 5.75 Å². The summed E-state index contributed by atoms with van der Waals surface area (Å²) in [6.07, 6.45) is 0.429. The Hall–Kier alpha value is -2.95. The lowest BCUT2D eigenvalue weighted by Crippen LogP contribution is -2.49. The van der Waals surface area contributed by atoms with E-state index in [4.69, 9.17) is 10.5 Å². The van der Waals surface area contributed by atoms with Crippen molar-refractivity contribution in [2.24, 2.45) is 5.73 Å². The lowest BCUT2D eigenvalue weighted by Gasteiger charge is -2.20. The number of nitrogens with one attached hydrogen (secondary N) is 2. The molecule has 0 bridgehead atoms. The first kappa shape index (κ1) is 20.8. The summed E-state index contributed by atoms with van der Waals surface area (Å²) in [4.78, 5) is 38.3. The van der Waals surface area contributed by atoms with Gasteiger partial charge in [0, 0.05) is 18.2 Å². The van der Waals surface area contributed by atoms with Crippen LogP contribution in [0.3, 0.4) is 0 Å². The van der Waals surface area contributed by atoms with Gasteiger partial charge in [-0.25, -0.2) is 4.79 Å². The molecule has 0 aliphatic carbocycles. The number of aryl methyl sites for hydroxylation is 1. The van der Waals surface area contributed by atoms with Crippen LogP contribution in [0.4, 0.5) is 0 Å². The molecule has 1 fully saturated rings. The molecule has 1 aromatic heterocycles. The van der Waals surface area contributed by atoms with Crippen LogP contribution < -0.4 is 22.3 Å². The summed E-state index contributed by atoms with van der Waals surface area (Å²) in [6, 6.07) is 5.00. The van der Waals surface area contributed by atoms with Gasteiger partial charge in [0.15, 0.2) is 0 Å². The SMILES string of the molecule is Cc1cn([C@H]2C[C@@H](NC(=O)C(N)Cc3ccc(O)cc3)[C@@H](CO)O2)c(=O)[nH]c1=O. The van der Waals surface area contributed by atoms with Crippen molar-refractivity contribution in [2.75, 3.05) is 6.61 Å². The van der Waals surface area contributed by atoms with Crippen LogP contribution in [-0.2, 0) is 16.0 Å². The zero-order valence-corrected chi connectivity index (χ0v) is 15.9. The number of benzene rings is 1. The monoisotopic (exact) mass is 404 g/mol. The normalized spacial score (nSPS) is 22.4. The number of ether oxygens (including phenoxy) is 1. The van der Waals surface area contributed by atoms with Gasteiger partial charge >= 0.3 is 5.69 Å². The fourth-order valence-electron chi connectivity index (χ4n) is 3.29. The maximum Gasteiger partial charge on any atom is 0.330 e. The zero-order valence-electron chi connectivity index (χ0n) is 15.9. The van der Waals surface area contributed by atoms with E-state index in [1.54, 1.807) is 19.1 Å². The van der Waals surface area contributed by atoms with Gasteiger partial charge < -0.3 is 26.0 Å². The van der Waals surface area contributed by atoms with Gasteiger partial charge in [0.05, 0.1) is 18.7 Å². The minimum absolute atomic E-state index is 0.124. The van der Waals surface area contributed by atoms with Crippen LogP contribution in [0, 0.1) is 6.92 Å². The molecule has 1 unspecified atom stereocenters. The number of carbonyl (C=O) groups excluding carboxylic acids is 1. The Labute approximate surface area is 165 Å². The van der Waals surface area contributed by atoms with E-state index in [1.165, 1.54) is 22.9 Å². The summed E-state index contributed by atoms with van der Waals surface area (Å²) in [5.74, 6) is -0.296. The number of H-pyrrole nitrogens is 1. The Bertz CT molecular complexity index is 983. The predicted molar refractivity (Wildman–Crippen MR) is 103 cm³/mol. The van der Waals surface area contributed by atoms with Gasteiger partial charge in [-0.1, -0.05) is 12.1 Å². The van der Waals surface area contributed by atoms with Crippen LogP contribution in [0.25, 0.3) is 0 Å². The molecule has 1 aromatic carbocycles. The minimum Gasteiger partial charge on any atom is -0.508 e. The van der Waals surface area contributed by atoms with Crippen LogP contribution in [0.5, 0.6) is 5.75 Å². The number of aliphatic hydroxyl groups excluding tert-OH is 1. The van der Waals surface area contributed by atoms with Crippen molar-refractivity contribution in [3.63, 3.8) is 0 Å². The molecule has 10 heteroatoms. The highest BCUT2D eigenvalue weighted by molar-refractivity contribution is 5.82. The smallest absolute Gasteiger partial charge is 0.330 e. The van der Waals surface area contributed by atoms with Crippen LogP contribution >= 0.6 is 0 Å². The molecule has 1 aliphatic rings. The molecule has 2 heterocycles. The molecule has 156 valence electrons. The third-order valence-electron chi connectivity index (χ3n) is 4.93. The fourth-order valence-corrected chi connectivity index (χ4v) is 3.29. The summed E-state index contributed by atoms with van der Waals surface area (Å²) in [5.41, 5.74) is 6.02. The van der Waals surface area contributed by atoms with E-state index in [9.17, 15) is 24.6 Å². The molecule has 1 aliphatic heterocycles. The molecule has 29 heavy (non-hydrogen) atoms. The quantitative estimate of drug-likeness (QED) is 0.408. The van der Waals surface area contributed by atoms with Crippen molar-refractivity contribution < 1.29 is 19.7 Å². The molecular formula is C19H24N4O6. The molecule has 0 spiro atoms. The van der Waals surface area contributed by atoms with E-state index in [1.807, 2.05) is 0 Å². The van der Waals surface area contributed by atoms with E-state index >= 15 is 0 Å². The Kier molecular flexibility index (Phi) is 6.16. The second-order valence-corrected chi connectivity index (χ2v) is 7.12. The van der Waals surface area contributed by atoms with Crippen LogP contribution in [-0.4, -0.2) is 50.5 Å². The zero-order chi connectivity index (χ0) is 21.1. The summed E-state index contributed by atoms with van der Waals surface area (Å²) >= 11 is 0. The van der Waals surface area contributed by atoms with Crippen LogP contribution in [0.15, 0.2) is 40.1 Å². The average molecular weight is 404 g/mol. The first-order valence-corrected chi connectivity index (χ1v) is 9.20. The Morgan fingerprint density at radius 3 is 2.72 bits per heavy atom. The van der Waals surface area contributed by atoms with E-state index in [0.717, 1.165) is 5.56 Å². The summed E-state index contributed by atoms with van der Waals surface area (Å²) < 4.78 is 6.94. The molecular weight excluding hydrogens is 380 g/mol. The molecule has 2 aromatic rings. The number of aromatic nitrogens is 2. The third-order valence-corrected chi connectivity index (χ3v) is 4.93. The highest BCUT2D eigenvalue weighted by Crippen LogP contribution is 2.27. The number of phenols is 1. The van der Waals surface area contributed by atoms with E-state index in [2.05, 4.69) is 10.3 Å². The topological polar surface area (TPSA) is 160 Å². The van der Waals surface area contributed by atoms with Crippen molar-refractivity contribution in [2.45, 2.75) is 44.2 Å². The number of carbonyl (C=O) groups is 1. The maximum absolute atomic E-state index is 12.5. The number of aromatic hydroxyl groups is 1. The first-order chi connectivity index (χ1) is 13.8. The van der Waals surface area contributed by atoms with Crippen molar-refractivity contribution >= 4 is 5.91 Å². The fraction of sp³-hybridized carbons (Fsp3) is 0.421. The number of nitrogens with two attached hydrogens (primary N) is 1. The van der Waals surface area contributed by atoms with Crippen molar-refractivity contribution in [3.05, 3.63) is 62.4 Å². The van der Waals surface area contributed by atoms with Gasteiger partial charge in [-0.05, 0) is 31.0 Å². The standard InChI is InChI=1S/C19H24N4O6/c1-10-8-23(19(28)22-17(10)26)16-7-14(15(9-24)29-16)21-18(27)13(20)6-11-2-4-12(25)5-3-11/h2-5,8,13-16,24-25H,6-7,9,20H2,1H3,(H,21,27)(H,22,26,28)/t13?,14-,15-,16-/m1/s1. The molecule has 3 rings (SSSR count). The lowest BCUT2D eigenvalue weighted by molar-refractivity contribution is -0.123. The first-order valence-electron chi connectivity index (χ1n) is 9.20. The van der Waals surface area contributed by atoms with Crippen molar-refractivity contribution in [1.29, 1.82) is 0 Å². The van der Waals surface area contributed by atoms with E-state index in [0.29, 0.717) is 5.56 Å². The van der Waals surface area contributed by atoms with Gasteiger partial charge in [-0.15, -0.1) is 0 Å². The Morgan fingerprint density at radius 2 is 2.07 bits per heavy atom. The number of phenolic OH excluding ortho intramolecular Hbond substituents is 1. The number of aliphatic hydroxyl groups is 1. The summed E-state index contributed by atoms with van der Waals surface area (Å²) in [6.45, 7) is 1.21. The Morgan fingerprint density at radius 1 is 1.38 bits per heavy atom. The number of hydrogen-bond donors (Lipinski definition) is 5. The second kappa shape index (κ2) is 8.60. The van der Waals surface area contributed by atoms with E-state index in [-0.39, 0.29) is 25.2 Å². The highest BCUT2D eigenvalue weighted by Gasteiger charge is 2.38. The largest absolute Gasteiger partial charge is 0.508 e.